The summed E-state index contributed by atoms with van der Waals surface area (Å²) in [5.74, 6) is 0. The first kappa shape index (κ1) is 14.4. The van der Waals surface area contributed by atoms with E-state index in [4.69, 9.17) is 19.4 Å². The molecule has 3 aromatic rings. The highest BCUT2D eigenvalue weighted by Gasteiger charge is 2.17. The van der Waals surface area contributed by atoms with Gasteiger partial charge < -0.3 is 0 Å². The summed E-state index contributed by atoms with van der Waals surface area (Å²) in [4.78, 5) is 0. The van der Waals surface area contributed by atoms with E-state index >= 15 is 0 Å². The van der Waals surface area contributed by atoms with Gasteiger partial charge in [0.15, 0.2) is 0 Å². The van der Waals surface area contributed by atoms with Gasteiger partial charge in [-0.3, -0.25) is 0 Å². The molecule has 0 saturated heterocycles. The molecule has 0 heterocycles. The Balaban J connectivity index is 1.92. The molecule has 0 spiro atoms. The molecule has 0 aliphatic heterocycles. The van der Waals surface area contributed by atoms with Crippen LogP contribution in [0.4, 0.5) is 0 Å². The minimum Gasteiger partial charge on any atom is -0.110 e. The molecular weight excluding hydrogens is 311 g/mol. The van der Waals surface area contributed by atoms with Gasteiger partial charge in [0, 0.05) is 5.03 Å². The van der Waals surface area contributed by atoms with Gasteiger partial charge in [0.25, 0.3) is 0 Å². The van der Waals surface area contributed by atoms with Crippen LogP contribution in [0.3, 0.4) is 0 Å². The average Bonchev–Trinajstić information content (AvgIpc) is 2.62. The van der Waals surface area contributed by atoms with Gasteiger partial charge in [0.2, 0.25) is 0 Å². The zero-order chi connectivity index (χ0) is 16.3. The van der Waals surface area contributed by atoms with Crippen LogP contribution in [-0.4, -0.2) is 7.85 Å². The predicted octanol–water partition coefficient (Wildman–Crippen LogP) is 5.23. The van der Waals surface area contributed by atoms with Crippen molar-refractivity contribution in [1.82, 2.24) is 0 Å². The molecule has 24 heavy (non-hydrogen) atoms. The van der Waals surface area contributed by atoms with Crippen LogP contribution in [0.5, 0.6) is 0 Å². The second-order valence-corrected chi connectivity index (χ2v) is 7.29. The Hall–Kier alpha value is -1.99. The Morgan fingerprint density at radius 3 is 2.50 bits per heavy atom. The minimum atomic E-state index is 0.930. The van der Waals surface area contributed by atoms with E-state index in [9.17, 15) is 0 Å². The molecule has 0 unspecified atom stereocenters. The van der Waals surface area contributed by atoms with Crippen LogP contribution in [0.2, 0.25) is 0 Å². The van der Waals surface area contributed by atoms with Gasteiger partial charge in [-0.25, -0.2) is 0 Å². The average molecular weight is 327 g/mol. The van der Waals surface area contributed by atoms with Gasteiger partial charge in [0.1, 0.15) is 7.85 Å². The van der Waals surface area contributed by atoms with E-state index in [1.165, 1.54) is 43.5 Å². The molecule has 2 radical (unpaired) electrons. The molecule has 0 atom stereocenters. The number of aryl methyl sites for hydroxylation is 1. The Bertz CT molecular complexity index is 1120. The minimum absolute atomic E-state index is 0.930. The summed E-state index contributed by atoms with van der Waals surface area (Å²) < 4.78 is 0. The fraction of sp³-hybridized carbons (Fsp3) is 0.182. The smallest absolute Gasteiger partial charge is 0.108 e. The van der Waals surface area contributed by atoms with Crippen LogP contribution in [0, 0.1) is 0 Å². The summed E-state index contributed by atoms with van der Waals surface area (Å²) in [6.45, 7) is 0. The van der Waals surface area contributed by atoms with E-state index in [2.05, 4.69) is 42.5 Å². The van der Waals surface area contributed by atoms with Crippen molar-refractivity contribution >= 4 is 52.0 Å². The normalized spacial score (nSPS) is 17.3. The van der Waals surface area contributed by atoms with Crippen molar-refractivity contribution in [2.45, 2.75) is 25.7 Å². The molecule has 0 aromatic heterocycles. The maximum absolute atomic E-state index is 6.32. The van der Waals surface area contributed by atoms with Crippen molar-refractivity contribution in [3.63, 3.8) is 0 Å². The third-order valence-electron chi connectivity index (χ3n) is 5.45. The zero-order valence-corrected chi connectivity index (χ0v) is 14.2. The lowest BCUT2D eigenvalue weighted by atomic mass is 9.79. The van der Waals surface area contributed by atoms with Gasteiger partial charge in [-0.05, 0) is 75.2 Å². The van der Waals surface area contributed by atoms with Crippen molar-refractivity contribution in [2.24, 2.45) is 0 Å². The molecule has 2 aliphatic carbocycles. The third kappa shape index (κ3) is 2.01. The van der Waals surface area contributed by atoms with E-state index in [1.807, 2.05) is 6.08 Å². The summed E-state index contributed by atoms with van der Waals surface area (Å²) in [7, 11) is 6.32. The molecule has 0 amide bonds. The van der Waals surface area contributed by atoms with Crippen LogP contribution in [-0.2, 0) is 6.42 Å². The number of halogens is 1. The standard InChI is InChI=1S/C22H16BCl/c23-20-12-6-15-4-10-18-17(13-1-7-16(24)8-2-13)9-3-14-5-11-19(20)22(15)21(14)18/h1,3-5,7,9-11H,2,6,8,12H2. The number of hydrogen-bond donors (Lipinski definition) is 0. The fourth-order valence-electron chi connectivity index (χ4n) is 4.22. The number of rotatable bonds is 1. The molecule has 0 nitrogen and oxygen atoms in total. The number of benzene rings is 3. The van der Waals surface area contributed by atoms with Crippen molar-refractivity contribution in [1.29, 1.82) is 0 Å². The molecule has 0 saturated carbocycles. The summed E-state index contributed by atoms with van der Waals surface area (Å²) in [5, 5.41) is 7.54. The van der Waals surface area contributed by atoms with Gasteiger partial charge >= 0.3 is 0 Å². The summed E-state index contributed by atoms with van der Waals surface area (Å²) >= 11 is 6.14. The molecule has 5 rings (SSSR count). The lowest BCUT2D eigenvalue weighted by molar-refractivity contribution is 1.03. The maximum atomic E-state index is 6.32. The zero-order valence-electron chi connectivity index (χ0n) is 13.4. The second-order valence-electron chi connectivity index (χ2n) is 6.80. The lowest BCUT2D eigenvalue weighted by Crippen LogP contribution is -2.15. The van der Waals surface area contributed by atoms with Crippen LogP contribution < -0.4 is 5.22 Å². The van der Waals surface area contributed by atoms with E-state index in [1.54, 1.807) is 0 Å². The molecule has 0 N–H and O–H groups in total. The quantitative estimate of drug-likeness (QED) is 0.537. The summed E-state index contributed by atoms with van der Waals surface area (Å²) in [6.07, 6.45) is 8.14. The lowest BCUT2D eigenvalue weighted by Gasteiger charge is -2.20. The van der Waals surface area contributed by atoms with Gasteiger partial charge in [-0.15, -0.1) is 5.47 Å². The molecule has 2 aliphatic rings. The van der Waals surface area contributed by atoms with Crippen molar-refractivity contribution in [3.8, 4) is 0 Å². The fourth-order valence-corrected chi connectivity index (χ4v) is 4.37. The van der Waals surface area contributed by atoms with Crippen LogP contribution in [0.1, 0.15) is 30.4 Å². The maximum Gasteiger partial charge on any atom is 0.108 e. The van der Waals surface area contributed by atoms with Gasteiger partial charge in [-0.1, -0.05) is 54.1 Å². The SMILES string of the molecule is [B]C1=c2ccc3ccc(C4=CC=C(Cl)CC4)c4ccc(c2c34)CC1. The third-order valence-corrected chi connectivity index (χ3v) is 5.77. The van der Waals surface area contributed by atoms with Crippen molar-refractivity contribution in [2.75, 3.05) is 0 Å². The van der Waals surface area contributed by atoms with Crippen LogP contribution in [0.15, 0.2) is 53.6 Å². The summed E-state index contributed by atoms with van der Waals surface area (Å²) in [6, 6.07) is 13.5. The highest BCUT2D eigenvalue weighted by Crippen LogP contribution is 2.37. The van der Waals surface area contributed by atoms with E-state index < -0.39 is 0 Å². The Morgan fingerprint density at radius 2 is 1.67 bits per heavy atom. The number of hydrogen-bond acceptors (Lipinski definition) is 0. The molecule has 3 aromatic carbocycles. The second kappa shape index (κ2) is 5.26. The van der Waals surface area contributed by atoms with E-state index in [-0.39, 0.29) is 0 Å². The first-order valence-electron chi connectivity index (χ1n) is 8.53. The van der Waals surface area contributed by atoms with Gasteiger partial charge in [0.05, 0.1) is 0 Å². The molecule has 114 valence electrons. The van der Waals surface area contributed by atoms with Crippen LogP contribution in [0.25, 0.3) is 32.6 Å². The number of allylic oxidation sites excluding steroid dienone is 4. The van der Waals surface area contributed by atoms with E-state index in [0.29, 0.717) is 0 Å². The van der Waals surface area contributed by atoms with Crippen molar-refractivity contribution < 1.29 is 0 Å². The molecular formula is C22H16BCl. The molecule has 2 heteroatoms. The molecule has 0 fully saturated rings. The highest BCUT2D eigenvalue weighted by atomic mass is 35.5. The largest absolute Gasteiger partial charge is 0.110 e. The van der Waals surface area contributed by atoms with Crippen LogP contribution >= 0.6 is 11.6 Å². The topological polar surface area (TPSA) is 0 Å². The highest BCUT2D eigenvalue weighted by molar-refractivity contribution is 6.39. The molecule has 0 bridgehead atoms. The first-order valence-corrected chi connectivity index (χ1v) is 8.91. The Kier molecular flexibility index (Phi) is 3.15. The van der Waals surface area contributed by atoms with Gasteiger partial charge in [-0.2, -0.15) is 0 Å². The Morgan fingerprint density at radius 1 is 0.792 bits per heavy atom. The first-order chi connectivity index (χ1) is 11.7. The predicted molar refractivity (Wildman–Crippen MR) is 105 cm³/mol. The van der Waals surface area contributed by atoms with Crippen molar-refractivity contribution in [3.05, 3.63) is 69.9 Å². The summed E-state index contributed by atoms with van der Waals surface area (Å²) in [5.41, 5.74) is 5.15. The Labute approximate surface area is 147 Å². The monoisotopic (exact) mass is 326 g/mol. The van der Waals surface area contributed by atoms with E-state index in [0.717, 1.165) is 36.2 Å².